The maximum atomic E-state index is 11.0. The van der Waals surface area contributed by atoms with E-state index >= 15 is 0 Å². The van der Waals surface area contributed by atoms with Crippen LogP contribution >= 0.6 is 0 Å². The predicted molar refractivity (Wildman–Crippen MR) is 54.1 cm³/mol. The number of carbonyl (C=O) groups excluding carboxylic acids is 1. The summed E-state index contributed by atoms with van der Waals surface area (Å²) in [5.74, 6) is -0.182. The molecule has 5 nitrogen and oxygen atoms in total. The van der Waals surface area contributed by atoms with Gasteiger partial charge in [-0.3, -0.25) is 9.69 Å². The van der Waals surface area contributed by atoms with Crippen molar-refractivity contribution >= 4 is 5.97 Å². The van der Waals surface area contributed by atoms with Crippen molar-refractivity contribution in [3.63, 3.8) is 0 Å². The standard InChI is InChI=1S/C10H16N2O3/c1-3-12(5-4-10(13)14-2)7-9-6-11-15-8-9/h6,8H,3-5,7H2,1-2H3. The quantitative estimate of drug-likeness (QED) is 0.660. The van der Waals surface area contributed by atoms with Gasteiger partial charge in [0.2, 0.25) is 0 Å². The molecule has 0 aliphatic carbocycles. The number of methoxy groups -OCH3 is 1. The Hall–Kier alpha value is -1.36. The summed E-state index contributed by atoms with van der Waals surface area (Å²) in [6.45, 7) is 4.36. The Bertz CT molecular complexity index is 285. The zero-order valence-corrected chi connectivity index (χ0v) is 9.10. The summed E-state index contributed by atoms with van der Waals surface area (Å²) in [6, 6.07) is 0. The van der Waals surface area contributed by atoms with Gasteiger partial charge in [-0.1, -0.05) is 12.1 Å². The largest absolute Gasteiger partial charge is 0.469 e. The first-order valence-electron chi connectivity index (χ1n) is 4.93. The zero-order chi connectivity index (χ0) is 11.1. The second kappa shape index (κ2) is 6.19. The number of esters is 1. The van der Waals surface area contributed by atoms with E-state index in [-0.39, 0.29) is 5.97 Å². The van der Waals surface area contributed by atoms with Gasteiger partial charge in [-0.05, 0) is 6.54 Å². The van der Waals surface area contributed by atoms with Crippen LogP contribution in [0.2, 0.25) is 0 Å². The highest BCUT2D eigenvalue weighted by Gasteiger charge is 2.08. The maximum Gasteiger partial charge on any atom is 0.306 e. The number of hydrogen-bond donors (Lipinski definition) is 0. The molecule has 1 aromatic rings. The topological polar surface area (TPSA) is 55.6 Å². The number of nitrogens with zero attached hydrogens (tertiary/aromatic N) is 2. The van der Waals surface area contributed by atoms with E-state index in [9.17, 15) is 4.79 Å². The van der Waals surface area contributed by atoms with Crippen LogP contribution in [0.15, 0.2) is 17.0 Å². The van der Waals surface area contributed by atoms with E-state index in [0.717, 1.165) is 18.7 Å². The fraction of sp³-hybridized carbons (Fsp3) is 0.600. The second-order valence-electron chi connectivity index (χ2n) is 3.23. The fourth-order valence-electron chi connectivity index (χ4n) is 1.26. The van der Waals surface area contributed by atoms with Crippen LogP contribution in [0.3, 0.4) is 0 Å². The van der Waals surface area contributed by atoms with Gasteiger partial charge in [-0.2, -0.15) is 0 Å². The summed E-state index contributed by atoms with van der Waals surface area (Å²) in [4.78, 5) is 13.1. The molecule has 5 heteroatoms. The van der Waals surface area contributed by atoms with Gasteiger partial charge >= 0.3 is 5.97 Å². The third-order valence-corrected chi connectivity index (χ3v) is 2.20. The molecule has 0 bridgehead atoms. The number of rotatable bonds is 6. The van der Waals surface area contributed by atoms with Crippen LogP contribution in [0.4, 0.5) is 0 Å². The number of hydrogen-bond acceptors (Lipinski definition) is 5. The lowest BCUT2D eigenvalue weighted by Gasteiger charge is -2.18. The Labute approximate surface area is 89.0 Å². The van der Waals surface area contributed by atoms with Gasteiger partial charge in [-0.25, -0.2) is 0 Å². The van der Waals surface area contributed by atoms with Gasteiger partial charge in [0.05, 0.1) is 19.7 Å². The average molecular weight is 212 g/mol. The lowest BCUT2D eigenvalue weighted by atomic mass is 10.3. The van der Waals surface area contributed by atoms with Crippen molar-refractivity contribution in [2.45, 2.75) is 19.9 Å². The maximum absolute atomic E-state index is 11.0. The van der Waals surface area contributed by atoms with Crippen molar-refractivity contribution in [2.24, 2.45) is 0 Å². The van der Waals surface area contributed by atoms with Gasteiger partial charge in [0.1, 0.15) is 6.26 Å². The second-order valence-corrected chi connectivity index (χ2v) is 3.23. The lowest BCUT2D eigenvalue weighted by molar-refractivity contribution is -0.141. The minimum Gasteiger partial charge on any atom is -0.469 e. The normalized spacial score (nSPS) is 10.6. The summed E-state index contributed by atoms with van der Waals surface area (Å²) >= 11 is 0. The van der Waals surface area contributed by atoms with E-state index in [1.807, 2.05) is 6.92 Å². The molecular formula is C10H16N2O3. The van der Waals surface area contributed by atoms with Gasteiger partial charge in [0.15, 0.2) is 0 Å². The first kappa shape index (κ1) is 11.7. The van der Waals surface area contributed by atoms with Crippen LogP contribution in [-0.4, -0.2) is 36.2 Å². The molecule has 0 saturated heterocycles. The summed E-state index contributed by atoms with van der Waals surface area (Å²) < 4.78 is 9.32. The van der Waals surface area contributed by atoms with Gasteiger partial charge in [-0.15, -0.1) is 0 Å². The molecule has 0 radical (unpaired) electrons. The Morgan fingerprint density at radius 3 is 3.00 bits per heavy atom. The molecule has 1 heterocycles. The summed E-state index contributed by atoms with van der Waals surface area (Å²) in [5, 5.41) is 3.63. The highest BCUT2D eigenvalue weighted by atomic mass is 16.5. The van der Waals surface area contributed by atoms with Crippen LogP contribution < -0.4 is 0 Å². The van der Waals surface area contributed by atoms with E-state index in [2.05, 4.69) is 14.8 Å². The van der Waals surface area contributed by atoms with E-state index < -0.39 is 0 Å². The van der Waals surface area contributed by atoms with Crippen molar-refractivity contribution in [1.82, 2.24) is 10.1 Å². The van der Waals surface area contributed by atoms with Gasteiger partial charge < -0.3 is 9.26 Å². The molecule has 0 fully saturated rings. The molecular weight excluding hydrogens is 196 g/mol. The van der Waals surface area contributed by atoms with Crippen LogP contribution in [-0.2, 0) is 16.1 Å². The van der Waals surface area contributed by atoms with Crippen molar-refractivity contribution in [3.8, 4) is 0 Å². The van der Waals surface area contributed by atoms with Crippen LogP contribution in [0.25, 0.3) is 0 Å². The Kier molecular flexibility index (Phi) is 4.83. The first-order chi connectivity index (χ1) is 7.26. The predicted octanol–water partition coefficient (Wildman–Crippen LogP) is 1.06. The van der Waals surface area contributed by atoms with Crippen LogP contribution in [0.5, 0.6) is 0 Å². The molecule has 0 N–H and O–H groups in total. The van der Waals surface area contributed by atoms with E-state index in [0.29, 0.717) is 13.0 Å². The molecule has 0 amide bonds. The SMILES string of the molecule is CCN(CCC(=O)OC)Cc1cnoc1. The average Bonchev–Trinajstić information content (AvgIpc) is 2.76. The van der Waals surface area contributed by atoms with Crippen molar-refractivity contribution in [3.05, 3.63) is 18.0 Å². The summed E-state index contributed by atoms with van der Waals surface area (Å²) in [5.41, 5.74) is 1.02. The minimum atomic E-state index is -0.182. The monoisotopic (exact) mass is 212 g/mol. The molecule has 0 unspecified atom stereocenters. The molecule has 84 valence electrons. The zero-order valence-electron chi connectivity index (χ0n) is 9.10. The Morgan fingerprint density at radius 1 is 1.67 bits per heavy atom. The molecule has 0 spiro atoms. The summed E-state index contributed by atoms with van der Waals surface area (Å²) in [6.07, 6.45) is 3.71. The third kappa shape index (κ3) is 4.12. The number of aromatic nitrogens is 1. The fourth-order valence-corrected chi connectivity index (χ4v) is 1.26. The summed E-state index contributed by atoms with van der Waals surface area (Å²) in [7, 11) is 1.40. The van der Waals surface area contributed by atoms with Crippen molar-refractivity contribution in [2.75, 3.05) is 20.2 Å². The van der Waals surface area contributed by atoms with Gasteiger partial charge in [0.25, 0.3) is 0 Å². The number of ether oxygens (including phenoxy) is 1. The lowest BCUT2D eigenvalue weighted by Crippen LogP contribution is -2.25. The highest BCUT2D eigenvalue weighted by Crippen LogP contribution is 2.03. The molecule has 0 aliphatic heterocycles. The highest BCUT2D eigenvalue weighted by molar-refractivity contribution is 5.69. The van der Waals surface area contributed by atoms with Crippen LogP contribution in [0, 0.1) is 0 Å². The van der Waals surface area contributed by atoms with Gasteiger partial charge in [0, 0.05) is 18.7 Å². The Morgan fingerprint density at radius 2 is 2.47 bits per heavy atom. The van der Waals surface area contributed by atoms with Crippen molar-refractivity contribution in [1.29, 1.82) is 0 Å². The first-order valence-corrected chi connectivity index (χ1v) is 4.93. The molecule has 0 aliphatic rings. The Balaban J connectivity index is 2.33. The smallest absolute Gasteiger partial charge is 0.306 e. The molecule has 1 aromatic heterocycles. The van der Waals surface area contributed by atoms with E-state index in [1.54, 1.807) is 12.5 Å². The molecule has 15 heavy (non-hydrogen) atoms. The third-order valence-electron chi connectivity index (χ3n) is 2.20. The molecule has 0 atom stereocenters. The number of carbonyl (C=O) groups is 1. The molecule has 1 rings (SSSR count). The molecule has 0 aromatic carbocycles. The van der Waals surface area contributed by atoms with Crippen LogP contribution in [0.1, 0.15) is 18.9 Å². The van der Waals surface area contributed by atoms with E-state index in [1.165, 1.54) is 7.11 Å². The minimum absolute atomic E-state index is 0.182. The molecule has 0 saturated carbocycles. The van der Waals surface area contributed by atoms with Crippen molar-refractivity contribution < 1.29 is 14.1 Å². The van der Waals surface area contributed by atoms with E-state index in [4.69, 9.17) is 4.52 Å².